The molecule has 0 aliphatic carbocycles. The van der Waals surface area contributed by atoms with Crippen molar-refractivity contribution in [1.82, 2.24) is 5.32 Å². The largest absolute Gasteiger partial charge is 0.472 e. The molecule has 0 bridgehead atoms. The minimum atomic E-state index is -4.35. The van der Waals surface area contributed by atoms with Crippen LogP contribution in [0.15, 0.2) is 36.5 Å². The Balaban J connectivity index is 4.30. The van der Waals surface area contributed by atoms with Crippen molar-refractivity contribution in [2.45, 2.75) is 264 Å². The van der Waals surface area contributed by atoms with Crippen LogP contribution in [0.25, 0.3) is 0 Å². The average molecular weight is 910 g/mol. The maximum absolute atomic E-state index is 12.9. The molecule has 0 aromatic heterocycles. The molecular weight excluding hydrogens is 804 g/mol. The second-order valence-corrected chi connectivity index (χ2v) is 21.0. The van der Waals surface area contributed by atoms with Crippen LogP contribution >= 0.6 is 7.82 Å². The molecule has 0 aromatic carbocycles. The van der Waals surface area contributed by atoms with Gasteiger partial charge in [0, 0.05) is 6.42 Å². The molecule has 372 valence electrons. The molecule has 0 aliphatic heterocycles. The molecule has 0 radical (unpaired) electrons. The van der Waals surface area contributed by atoms with E-state index in [2.05, 4.69) is 43.5 Å². The molecule has 0 spiro atoms. The number of amides is 1. The van der Waals surface area contributed by atoms with Gasteiger partial charge in [-0.15, -0.1) is 0 Å². The van der Waals surface area contributed by atoms with Crippen molar-refractivity contribution in [3.8, 4) is 0 Å². The van der Waals surface area contributed by atoms with Gasteiger partial charge < -0.3 is 19.8 Å². The summed E-state index contributed by atoms with van der Waals surface area (Å²) in [4.78, 5) is 23.2. The smallest absolute Gasteiger partial charge is 0.387 e. The lowest BCUT2D eigenvalue weighted by atomic mass is 10.0. The number of aliphatic hydroxyl groups excluding tert-OH is 1. The zero-order valence-corrected chi connectivity index (χ0v) is 43.2. The Kier molecular flexibility index (Phi) is 44.9. The number of likely N-dealkylation sites (N-methyl/N-ethyl adjacent to an activating group) is 1. The number of hydrogen-bond acceptors (Lipinski definition) is 5. The molecule has 3 unspecified atom stereocenters. The first kappa shape index (κ1) is 61.7. The molecular formula is C54H106N2O6P+. The summed E-state index contributed by atoms with van der Waals surface area (Å²) in [6, 6.07) is -0.867. The Hall–Kier alpha value is -1.28. The van der Waals surface area contributed by atoms with Crippen LogP contribution in [0.2, 0.25) is 0 Å². The summed E-state index contributed by atoms with van der Waals surface area (Å²) in [5.74, 6) is -0.188. The minimum Gasteiger partial charge on any atom is -0.387 e. The maximum atomic E-state index is 12.9. The van der Waals surface area contributed by atoms with Crippen LogP contribution in [0.1, 0.15) is 251 Å². The lowest BCUT2D eigenvalue weighted by Gasteiger charge is -2.25. The highest BCUT2D eigenvalue weighted by atomic mass is 31.2. The Morgan fingerprint density at radius 3 is 1.27 bits per heavy atom. The molecule has 0 aromatic rings. The van der Waals surface area contributed by atoms with Crippen LogP contribution in [-0.4, -0.2) is 73.4 Å². The van der Waals surface area contributed by atoms with Crippen molar-refractivity contribution >= 4 is 13.7 Å². The van der Waals surface area contributed by atoms with E-state index in [9.17, 15) is 19.4 Å². The summed E-state index contributed by atoms with van der Waals surface area (Å²) in [6.07, 6.45) is 58.1. The normalized spacial score (nSPS) is 14.3. The molecule has 9 heteroatoms. The predicted molar refractivity (Wildman–Crippen MR) is 272 cm³/mol. The molecule has 0 saturated heterocycles. The van der Waals surface area contributed by atoms with Crippen molar-refractivity contribution in [3.63, 3.8) is 0 Å². The number of nitrogens with zero attached hydrogens (tertiary/aromatic N) is 1. The average Bonchev–Trinajstić information content (AvgIpc) is 3.24. The molecule has 3 N–H and O–H groups in total. The van der Waals surface area contributed by atoms with Crippen molar-refractivity contribution in [2.24, 2.45) is 0 Å². The molecule has 0 fully saturated rings. The third kappa shape index (κ3) is 48.5. The van der Waals surface area contributed by atoms with Gasteiger partial charge in [0.1, 0.15) is 13.2 Å². The van der Waals surface area contributed by atoms with Gasteiger partial charge in [-0.25, -0.2) is 4.57 Å². The van der Waals surface area contributed by atoms with Crippen LogP contribution in [0.4, 0.5) is 0 Å². The molecule has 0 aliphatic rings. The highest BCUT2D eigenvalue weighted by Gasteiger charge is 2.27. The molecule has 3 atom stereocenters. The topological polar surface area (TPSA) is 105 Å². The Morgan fingerprint density at radius 1 is 0.524 bits per heavy atom. The van der Waals surface area contributed by atoms with Gasteiger partial charge in [-0.1, -0.05) is 237 Å². The lowest BCUT2D eigenvalue weighted by molar-refractivity contribution is -0.870. The van der Waals surface area contributed by atoms with E-state index in [-0.39, 0.29) is 19.1 Å². The van der Waals surface area contributed by atoms with Gasteiger partial charge in [-0.05, 0) is 44.9 Å². The van der Waals surface area contributed by atoms with E-state index < -0.39 is 20.0 Å². The van der Waals surface area contributed by atoms with Gasteiger partial charge in [0.2, 0.25) is 5.91 Å². The molecule has 1 amide bonds. The second kappa shape index (κ2) is 45.9. The van der Waals surface area contributed by atoms with Gasteiger partial charge >= 0.3 is 7.82 Å². The van der Waals surface area contributed by atoms with E-state index in [4.69, 9.17) is 9.05 Å². The number of phosphoric acid groups is 1. The summed E-state index contributed by atoms with van der Waals surface area (Å²) < 4.78 is 23.6. The van der Waals surface area contributed by atoms with Gasteiger partial charge in [-0.3, -0.25) is 13.8 Å². The number of rotatable bonds is 49. The fraction of sp³-hybridized carbons (Fsp3) is 0.870. The predicted octanol–water partition coefficient (Wildman–Crippen LogP) is 15.8. The third-order valence-electron chi connectivity index (χ3n) is 12.1. The molecule has 63 heavy (non-hydrogen) atoms. The van der Waals surface area contributed by atoms with Gasteiger partial charge in [0.05, 0.1) is 39.9 Å². The van der Waals surface area contributed by atoms with Crippen LogP contribution in [0.5, 0.6) is 0 Å². The standard InChI is InChI=1S/C54H105N2O6P/c1-6-8-10-12-14-16-18-20-22-23-24-25-26-27-28-29-30-31-32-34-35-37-39-41-43-45-47-53(57)52(51-62-63(59,60)61-50-49-56(3,4)5)55-54(58)48-46-44-42-40-38-36-33-21-19-17-15-13-11-9-7-2/h31-32,37,39,45,47,52-53,57H,6-30,33-36,38,40-44,46,48-51H2,1-5H3,(H-,55,58,59,60)/p+1/b32-31+,39-37+,47-45+. The van der Waals surface area contributed by atoms with Crippen molar-refractivity contribution < 1.29 is 32.9 Å². The third-order valence-corrected chi connectivity index (χ3v) is 13.1. The number of carbonyl (C=O) groups excluding carboxylic acids is 1. The van der Waals surface area contributed by atoms with Crippen molar-refractivity contribution in [2.75, 3.05) is 40.9 Å². The second-order valence-electron chi connectivity index (χ2n) is 19.6. The summed E-state index contributed by atoms with van der Waals surface area (Å²) >= 11 is 0. The van der Waals surface area contributed by atoms with Crippen LogP contribution in [0, 0.1) is 0 Å². The van der Waals surface area contributed by atoms with E-state index in [1.807, 2.05) is 27.2 Å². The lowest BCUT2D eigenvalue weighted by Crippen LogP contribution is -2.45. The Morgan fingerprint density at radius 2 is 0.873 bits per heavy atom. The Labute approximate surface area is 391 Å². The first-order valence-corrected chi connectivity index (χ1v) is 28.4. The summed E-state index contributed by atoms with van der Waals surface area (Å²) in [6.45, 7) is 4.81. The monoisotopic (exact) mass is 910 g/mol. The first-order valence-electron chi connectivity index (χ1n) is 26.9. The van der Waals surface area contributed by atoms with E-state index in [0.717, 1.165) is 44.9 Å². The number of hydrogen-bond donors (Lipinski definition) is 3. The Bertz CT molecular complexity index is 1120. The van der Waals surface area contributed by atoms with Crippen LogP contribution in [-0.2, 0) is 18.4 Å². The fourth-order valence-corrected chi connectivity index (χ4v) is 8.58. The highest BCUT2D eigenvalue weighted by Crippen LogP contribution is 2.43. The number of aliphatic hydroxyl groups is 1. The zero-order chi connectivity index (χ0) is 46.4. The van der Waals surface area contributed by atoms with E-state index in [1.165, 1.54) is 186 Å². The molecule has 0 rings (SSSR count). The van der Waals surface area contributed by atoms with Gasteiger partial charge in [0.25, 0.3) is 0 Å². The summed E-state index contributed by atoms with van der Waals surface area (Å²) in [7, 11) is 1.55. The van der Waals surface area contributed by atoms with E-state index >= 15 is 0 Å². The molecule has 0 saturated carbocycles. The summed E-state index contributed by atoms with van der Waals surface area (Å²) in [5.41, 5.74) is 0. The summed E-state index contributed by atoms with van der Waals surface area (Å²) in [5, 5.41) is 13.9. The van der Waals surface area contributed by atoms with Crippen LogP contribution < -0.4 is 5.32 Å². The number of allylic oxidation sites excluding steroid dienone is 5. The zero-order valence-electron chi connectivity index (χ0n) is 42.3. The number of unbranched alkanes of at least 4 members (excludes halogenated alkanes) is 32. The molecule has 0 heterocycles. The van der Waals surface area contributed by atoms with Crippen molar-refractivity contribution in [1.29, 1.82) is 0 Å². The van der Waals surface area contributed by atoms with E-state index in [1.54, 1.807) is 6.08 Å². The van der Waals surface area contributed by atoms with Crippen LogP contribution in [0.3, 0.4) is 0 Å². The number of quaternary nitrogens is 1. The SMILES string of the molecule is CCCCCCCCCCCCCCCCCC/C=C/CC/C=C/CC/C=C/C(O)C(COP(=O)(O)OCC[N+](C)(C)C)NC(=O)CCCCCCCCCCCCCCCCC. The van der Waals surface area contributed by atoms with Gasteiger partial charge in [0.15, 0.2) is 0 Å². The molecule has 8 nitrogen and oxygen atoms in total. The number of phosphoric ester groups is 1. The quantitative estimate of drug-likeness (QED) is 0.0243. The minimum absolute atomic E-state index is 0.0549. The fourth-order valence-electron chi connectivity index (χ4n) is 7.84. The number of carbonyl (C=O) groups is 1. The van der Waals surface area contributed by atoms with Crippen molar-refractivity contribution in [3.05, 3.63) is 36.5 Å². The van der Waals surface area contributed by atoms with E-state index in [0.29, 0.717) is 17.4 Å². The first-order chi connectivity index (χ1) is 30.5. The number of nitrogens with one attached hydrogen (secondary N) is 1. The maximum Gasteiger partial charge on any atom is 0.472 e. The van der Waals surface area contributed by atoms with Gasteiger partial charge in [-0.2, -0.15) is 0 Å². The highest BCUT2D eigenvalue weighted by molar-refractivity contribution is 7.47.